The molecular formula is C30H42N2O2. The van der Waals surface area contributed by atoms with E-state index in [9.17, 15) is 9.59 Å². The summed E-state index contributed by atoms with van der Waals surface area (Å²) in [5.41, 5.74) is 4.32. The molecule has 4 nitrogen and oxygen atoms in total. The Labute approximate surface area is 205 Å². The van der Waals surface area contributed by atoms with Gasteiger partial charge in [0, 0.05) is 28.6 Å². The zero-order chi connectivity index (χ0) is 24.6. The van der Waals surface area contributed by atoms with Gasteiger partial charge in [-0.3, -0.25) is 9.59 Å². The standard InChI is InChI=1S/C30H42N2O2/c1-5-10-22(3)28(33)31-26-16-12-24(13-17-26)30(20-8-7-9-21-30)25-14-18-27(19-15-25)32-29(34)23(4)11-6-2/h12-19,22-23H,5-11,20-21H2,1-4H3,(H,31,33)(H,32,34)/t22-,23+. The first kappa shape index (κ1) is 26.0. The largest absolute Gasteiger partial charge is 0.326 e. The summed E-state index contributed by atoms with van der Waals surface area (Å²) in [6.07, 6.45) is 9.75. The number of hydrogen-bond donors (Lipinski definition) is 2. The molecule has 0 saturated heterocycles. The molecule has 184 valence electrons. The number of amides is 2. The van der Waals surface area contributed by atoms with Gasteiger partial charge in [-0.25, -0.2) is 0 Å². The monoisotopic (exact) mass is 462 g/mol. The van der Waals surface area contributed by atoms with E-state index >= 15 is 0 Å². The Kier molecular flexibility index (Phi) is 9.32. The Bertz CT molecular complexity index is 856. The minimum absolute atomic E-state index is 0.0195. The SMILES string of the molecule is CCC[C@@H](C)C(=O)Nc1ccc(C2(c3ccc(NC(=O)[C@@H](C)CCC)cc3)CCCCC2)cc1. The second-order valence-electron chi connectivity index (χ2n) is 10.2. The fraction of sp³-hybridized carbons (Fsp3) is 0.533. The lowest BCUT2D eigenvalue weighted by atomic mass is 9.65. The molecule has 4 heteroatoms. The summed E-state index contributed by atoms with van der Waals surface area (Å²) in [5.74, 6) is 0.234. The zero-order valence-corrected chi connectivity index (χ0v) is 21.5. The molecule has 2 aromatic carbocycles. The van der Waals surface area contributed by atoms with Gasteiger partial charge in [-0.1, -0.05) is 84.1 Å². The Hall–Kier alpha value is -2.62. The van der Waals surface area contributed by atoms with Crippen LogP contribution in [-0.2, 0) is 15.0 Å². The number of hydrogen-bond acceptors (Lipinski definition) is 2. The lowest BCUT2D eigenvalue weighted by Gasteiger charge is -2.39. The van der Waals surface area contributed by atoms with Crippen LogP contribution in [-0.4, -0.2) is 11.8 Å². The number of anilines is 2. The first-order valence-electron chi connectivity index (χ1n) is 13.2. The summed E-state index contributed by atoms with van der Waals surface area (Å²) in [6.45, 7) is 8.19. The van der Waals surface area contributed by atoms with Crippen molar-refractivity contribution in [2.24, 2.45) is 11.8 Å². The highest BCUT2D eigenvalue weighted by atomic mass is 16.2. The van der Waals surface area contributed by atoms with E-state index in [2.05, 4.69) is 48.7 Å². The maximum atomic E-state index is 12.4. The van der Waals surface area contributed by atoms with E-state index in [4.69, 9.17) is 0 Å². The van der Waals surface area contributed by atoms with E-state index in [1.54, 1.807) is 0 Å². The minimum Gasteiger partial charge on any atom is -0.326 e. The van der Waals surface area contributed by atoms with E-state index in [-0.39, 0.29) is 29.1 Å². The Morgan fingerprint density at radius 2 is 1.09 bits per heavy atom. The quantitative estimate of drug-likeness (QED) is 0.380. The maximum absolute atomic E-state index is 12.4. The molecule has 0 aromatic heterocycles. The molecule has 2 amide bonds. The van der Waals surface area contributed by atoms with Crippen molar-refractivity contribution < 1.29 is 9.59 Å². The highest BCUT2D eigenvalue weighted by Gasteiger charge is 2.35. The molecule has 0 bridgehead atoms. The van der Waals surface area contributed by atoms with Gasteiger partial charge >= 0.3 is 0 Å². The number of carbonyl (C=O) groups is 2. The van der Waals surface area contributed by atoms with Crippen LogP contribution in [0.4, 0.5) is 11.4 Å². The average molecular weight is 463 g/mol. The Morgan fingerprint density at radius 1 is 0.706 bits per heavy atom. The summed E-state index contributed by atoms with van der Waals surface area (Å²) in [6, 6.07) is 16.9. The van der Waals surface area contributed by atoms with Crippen LogP contribution >= 0.6 is 0 Å². The average Bonchev–Trinajstić information content (AvgIpc) is 2.85. The number of rotatable bonds is 10. The van der Waals surface area contributed by atoms with E-state index in [1.165, 1.54) is 30.4 Å². The number of carbonyl (C=O) groups excluding carboxylic acids is 2. The molecule has 1 fully saturated rings. The van der Waals surface area contributed by atoms with Crippen LogP contribution in [0.1, 0.15) is 96.6 Å². The van der Waals surface area contributed by atoms with Crippen LogP contribution in [0.15, 0.2) is 48.5 Å². The third kappa shape index (κ3) is 6.28. The summed E-state index contributed by atoms with van der Waals surface area (Å²) in [7, 11) is 0. The van der Waals surface area contributed by atoms with Crippen LogP contribution in [0.3, 0.4) is 0 Å². The van der Waals surface area contributed by atoms with Gasteiger partial charge in [0.05, 0.1) is 0 Å². The van der Waals surface area contributed by atoms with E-state index in [0.29, 0.717) is 0 Å². The molecule has 0 radical (unpaired) electrons. The predicted molar refractivity (Wildman–Crippen MR) is 142 cm³/mol. The van der Waals surface area contributed by atoms with Crippen molar-refractivity contribution in [3.63, 3.8) is 0 Å². The molecule has 2 atom stereocenters. The van der Waals surface area contributed by atoms with Crippen molar-refractivity contribution in [1.82, 2.24) is 0 Å². The predicted octanol–water partition coefficient (Wildman–Crippen LogP) is 7.69. The zero-order valence-electron chi connectivity index (χ0n) is 21.5. The van der Waals surface area contributed by atoms with Crippen LogP contribution in [0, 0.1) is 11.8 Å². The molecule has 1 aliphatic carbocycles. The van der Waals surface area contributed by atoms with Crippen LogP contribution in [0.2, 0.25) is 0 Å². The molecule has 2 N–H and O–H groups in total. The molecule has 3 rings (SSSR count). The summed E-state index contributed by atoms with van der Waals surface area (Å²) >= 11 is 0. The van der Waals surface area contributed by atoms with Gasteiger partial charge in [0.15, 0.2) is 0 Å². The molecule has 0 heterocycles. The van der Waals surface area contributed by atoms with Crippen molar-refractivity contribution in [3.05, 3.63) is 59.7 Å². The third-order valence-corrected chi connectivity index (χ3v) is 7.46. The van der Waals surface area contributed by atoms with Crippen molar-refractivity contribution in [2.75, 3.05) is 10.6 Å². The molecule has 2 aromatic rings. The Morgan fingerprint density at radius 3 is 1.44 bits per heavy atom. The summed E-state index contributed by atoms with van der Waals surface area (Å²) in [4.78, 5) is 24.8. The molecular weight excluding hydrogens is 420 g/mol. The van der Waals surface area contributed by atoms with Crippen LogP contribution < -0.4 is 10.6 Å². The van der Waals surface area contributed by atoms with Crippen LogP contribution in [0.5, 0.6) is 0 Å². The van der Waals surface area contributed by atoms with E-state index in [0.717, 1.165) is 49.9 Å². The maximum Gasteiger partial charge on any atom is 0.227 e. The van der Waals surface area contributed by atoms with Crippen molar-refractivity contribution in [1.29, 1.82) is 0 Å². The van der Waals surface area contributed by atoms with Gasteiger partial charge in [-0.2, -0.15) is 0 Å². The number of nitrogens with one attached hydrogen (secondary N) is 2. The van der Waals surface area contributed by atoms with Crippen molar-refractivity contribution in [3.8, 4) is 0 Å². The first-order chi connectivity index (χ1) is 16.4. The lowest BCUT2D eigenvalue weighted by Crippen LogP contribution is -2.30. The highest BCUT2D eigenvalue weighted by Crippen LogP contribution is 2.45. The minimum atomic E-state index is -0.0195. The van der Waals surface area contributed by atoms with Crippen molar-refractivity contribution >= 4 is 23.2 Å². The molecule has 0 unspecified atom stereocenters. The Balaban J connectivity index is 1.78. The van der Waals surface area contributed by atoms with Crippen LogP contribution in [0.25, 0.3) is 0 Å². The molecule has 0 spiro atoms. The summed E-state index contributed by atoms with van der Waals surface area (Å²) < 4.78 is 0. The van der Waals surface area contributed by atoms with Gasteiger partial charge < -0.3 is 10.6 Å². The third-order valence-electron chi connectivity index (χ3n) is 7.46. The summed E-state index contributed by atoms with van der Waals surface area (Å²) in [5, 5.41) is 6.15. The van der Waals surface area contributed by atoms with Gasteiger partial charge in [0.2, 0.25) is 11.8 Å². The van der Waals surface area contributed by atoms with Gasteiger partial charge in [0.1, 0.15) is 0 Å². The van der Waals surface area contributed by atoms with E-state index < -0.39 is 0 Å². The fourth-order valence-electron chi connectivity index (χ4n) is 5.30. The normalized spacial score (nSPS) is 16.9. The second kappa shape index (κ2) is 12.2. The molecule has 34 heavy (non-hydrogen) atoms. The topological polar surface area (TPSA) is 58.2 Å². The smallest absolute Gasteiger partial charge is 0.227 e. The number of benzene rings is 2. The highest BCUT2D eigenvalue weighted by molar-refractivity contribution is 5.92. The van der Waals surface area contributed by atoms with Gasteiger partial charge in [-0.05, 0) is 61.1 Å². The molecule has 1 aliphatic rings. The lowest BCUT2D eigenvalue weighted by molar-refractivity contribution is -0.120. The van der Waals surface area contributed by atoms with Gasteiger partial charge in [0.25, 0.3) is 0 Å². The second-order valence-corrected chi connectivity index (χ2v) is 10.2. The molecule has 1 saturated carbocycles. The van der Waals surface area contributed by atoms with Gasteiger partial charge in [-0.15, -0.1) is 0 Å². The van der Waals surface area contributed by atoms with Crippen molar-refractivity contribution in [2.45, 2.75) is 90.9 Å². The fourth-order valence-corrected chi connectivity index (χ4v) is 5.30. The molecule has 0 aliphatic heterocycles. The first-order valence-corrected chi connectivity index (χ1v) is 13.2. The van der Waals surface area contributed by atoms with E-state index in [1.807, 2.05) is 38.1 Å².